The van der Waals surface area contributed by atoms with Crippen molar-refractivity contribution in [2.45, 2.75) is 6.54 Å². The molecule has 1 fully saturated rings. The standard InChI is InChI=1S/C12H11FN2O2/c13-11-2-1-8(3-9(11)4-14)5-15-6-10(7-15)12(16)17/h1-3,10H,5-7H2,(H,16,17). The largest absolute Gasteiger partial charge is 0.481 e. The van der Waals surface area contributed by atoms with E-state index in [4.69, 9.17) is 10.4 Å². The number of carboxylic acid groups (broad SMARTS) is 1. The Morgan fingerprint density at radius 3 is 2.88 bits per heavy atom. The molecule has 0 aliphatic carbocycles. The fourth-order valence-corrected chi connectivity index (χ4v) is 1.87. The van der Waals surface area contributed by atoms with E-state index in [-0.39, 0.29) is 11.5 Å². The first kappa shape index (κ1) is 11.6. The Kier molecular flexibility index (Phi) is 3.07. The average molecular weight is 234 g/mol. The monoisotopic (exact) mass is 234 g/mol. The second kappa shape index (κ2) is 4.52. The topological polar surface area (TPSA) is 64.3 Å². The van der Waals surface area contributed by atoms with Gasteiger partial charge < -0.3 is 5.11 Å². The molecular weight excluding hydrogens is 223 g/mol. The maximum absolute atomic E-state index is 13.1. The summed E-state index contributed by atoms with van der Waals surface area (Å²) >= 11 is 0. The number of carboxylic acids is 1. The minimum Gasteiger partial charge on any atom is -0.481 e. The molecule has 1 aromatic carbocycles. The Labute approximate surface area is 97.9 Å². The smallest absolute Gasteiger partial charge is 0.309 e. The number of nitrogens with zero attached hydrogens (tertiary/aromatic N) is 2. The number of hydrogen-bond donors (Lipinski definition) is 1. The van der Waals surface area contributed by atoms with Gasteiger partial charge in [-0.2, -0.15) is 5.26 Å². The second-order valence-corrected chi connectivity index (χ2v) is 4.16. The Morgan fingerprint density at radius 2 is 2.29 bits per heavy atom. The summed E-state index contributed by atoms with van der Waals surface area (Å²) in [6.07, 6.45) is 0. The normalized spacial score (nSPS) is 16.2. The number of benzene rings is 1. The zero-order valence-electron chi connectivity index (χ0n) is 9.06. The molecule has 17 heavy (non-hydrogen) atoms. The SMILES string of the molecule is N#Cc1cc(CN2CC(C(=O)O)C2)ccc1F. The third-order valence-electron chi connectivity index (χ3n) is 2.86. The van der Waals surface area contributed by atoms with Crippen LogP contribution in [0.2, 0.25) is 0 Å². The molecule has 5 heteroatoms. The molecule has 1 heterocycles. The molecule has 1 aliphatic heterocycles. The molecule has 0 unspecified atom stereocenters. The first-order valence-electron chi connectivity index (χ1n) is 5.24. The van der Waals surface area contributed by atoms with Crippen LogP contribution < -0.4 is 0 Å². The minimum absolute atomic E-state index is 0.0257. The highest BCUT2D eigenvalue weighted by Crippen LogP contribution is 2.19. The van der Waals surface area contributed by atoms with Gasteiger partial charge in [0.15, 0.2) is 0 Å². The molecule has 1 aromatic rings. The Morgan fingerprint density at radius 1 is 1.59 bits per heavy atom. The van der Waals surface area contributed by atoms with E-state index >= 15 is 0 Å². The van der Waals surface area contributed by atoms with Crippen molar-refractivity contribution in [1.82, 2.24) is 4.90 Å². The van der Waals surface area contributed by atoms with E-state index < -0.39 is 11.8 Å². The molecule has 88 valence electrons. The summed E-state index contributed by atoms with van der Waals surface area (Å²) in [6.45, 7) is 1.57. The molecule has 0 radical (unpaired) electrons. The van der Waals surface area contributed by atoms with E-state index in [1.165, 1.54) is 12.1 Å². The summed E-state index contributed by atoms with van der Waals surface area (Å²) in [7, 11) is 0. The highest BCUT2D eigenvalue weighted by Gasteiger charge is 2.32. The number of nitriles is 1. The summed E-state index contributed by atoms with van der Waals surface area (Å²) in [4.78, 5) is 12.6. The number of aliphatic carboxylic acids is 1. The molecule has 0 spiro atoms. The highest BCUT2D eigenvalue weighted by molar-refractivity contribution is 5.71. The fourth-order valence-electron chi connectivity index (χ4n) is 1.87. The average Bonchev–Trinajstić information content (AvgIpc) is 2.24. The van der Waals surface area contributed by atoms with Gasteiger partial charge in [0.25, 0.3) is 0 Å². The van der Waals surface area contributed by atoms with Crippen LogP contribution >= 0.6 is 0 Å². The van der Waals surface area contributed by atoms with Crippen molar-refractivity contribution in [1.29, 1.82) is 5.26 Å². The molecule has 1 N–H and O–H groups in total. The Bertz CT molecular complexity index is 490. The highest BCUT2D eigenvalue weighted by atomic mass is 19.1. The molecule has 4 nitrogen and oxygen atoms in total. The van der Waals surface area contributed by atoms with Crippen molar-refractivity contribution >= 4 is 5.97 Å². The van der Waals surface area contributed by atoms with Crippen molar-refractivity contribution in [3.63, 3.8) is 0 Å². The van der Waals surface area contributed by atoms with Crippen molar-refractivity contribution in [3.05, 3.63) is 35.1 Å². The summed E-state index contributed by atoms with van der Waals surface area (Å²) in [6, 6.07) is 6.17. The van der Waals surface area contributed by atoms with E-state index in [9.17, 15) is 9.18 Å². The van der Waals surface area contributed by atoms with Crippen LogP contribution in [0, 0.1) is 23.1 Å². The number of hydrogen-bond acceptors (Lipinski definition) is 3. The quantitative estimate of drug-likeness (QED) is 0.853. The van der Waals surface area contributed by atoms with Gasteiger partial charge in [0.1, 0.15) is 11.9 Å². The van der Waals surface area contributed by atoms with Gasteiger partial charge in [-0.15, -0.1) is 0 Å². The van der Waals surface area contributed by atoms with Crippen LogP contribution in [-0.2, 0) is 11.3 Å². The van der Waals surface area contributed by atoms with Gasteiger partial charge in [0, 0.05) is 19.6 Å². The molecule has 2 rings (SSSR count). The molecule has 0 atom stereocenters. The third kappa shape index (κ3) is 2.43. The number of likely N-dealkylation sites (tertiary alicyclic amines) is 1. The van der Waals surface area contributed by atoms with Crippen LogP contribution in [-0.4, -0.2) is 29.1 Å². The van der Waals surface area contributed by atoms with E-state index in [0.717, 1.165) is 5.56 Å². The van der Waals surface area contributed by atoms with Crippen LogP contribution in [0.1, 0.15) is 11.1 Å². The van der Waals surface area contributed by atoms with E-state index in [1.807, 2.05) is 4.90 Å². The molecule has 0 amide bonds. The van der Waals surface area contributed by atoms with Crippen molar-refractivity contribution in [2.24, 2.45) is 5.92 Å². The molecule has 0 aromatic heterocycles. The van der Waals surface area contributed by atoms with Gasteiger partial charge in [-0.3, -0.25) is 9.69 Å². The summed E-state index contributed by atoms with van der Waals surface area (Å²) in [5, 5.41) is 17.4. The molecule has 0 bridgehead atoms. The minimum atomic E-state index is -0.780. The Hall–Kier alpha value is -1.93. The lowest BCUT2D eigenvalue weighted by Crippen LogP contribution is -2.49. The van der Waals surface area contributed by atoms with Gasteiger partial charge in [-0.05, 0) is 17.7 Å². The molecule has 0 saturated carbocycles. The zero-order valence-corrected chi connectivity index (χ0v) is 9.06. The summed E-state index contributed by atoms with van der Waals surface area (Å²) in [5.41, 5.74) is 0.851. The molecule has 1 aliphatic rings. The third-order valence-corrected chi connectivity index (χ3v) is 2.86. The van der Waals surface area contributed by atoms with E-state index in [0.29, 0.717) is 19.6 Å². The van der Waals surface area contributed by atoms with E-state index in [1.54, 1.807) is 12.1 Å². The molecule has 1 saturated heterocycles. The lowest BCUT2D eigenvalue weighted by molar-refractivity contribution is -0.147. The lowest BCUT2D eigenvalue weighted by Gasteiger charge is -2.36. The van der Waals surface area contributed by atoms with Crippen molar-refractivity contribution < 1.29 is 14.3 Å². The number of carbonyl (C=O) groups is 1. The van der Waals surface area contributed by atoms with Crippen molar-refractivity contribution in [2.75, 3.05) is 13.1 Å². The van der Waals surface area contributed by atoms with Crippen LogP contribution in [0.15, 0.2) is 18.2 Å². The lowest BCUT2D eigenvalue weighted by atomic mass is 9.99. The van der Waals surface area contributed by atoms with Crippen LogP contribution in [0.4, 0.5) is 4.39 Å². The van der Waals surface area contributed by atoms with Gasteiger partial charge in [0.05, 0.1) is 11.5 Å². The maximum atomic E-state index is 13.1. The number of rotatable bonds is 3. The number of halogens is 1. The van der Waals surface area contributed by atoms with Crippen molar-refractivity contribution in [3.8, 4) is 6.07 Å². The van der Waals surface area contributed by atoms with Crippen LogP contribution in [0.25, 0.3) is 0 Å². The fraction of sp³-hybridized carbons (Fsp3) is 0.333. The predicted molar refractivity (Wildman–Crippen MR) is 57.5 cm³/mol. The maximum Gasteiger partial charge on any atom is 0.309 e. The van der Waals surface area contributed by atoms with Gasteiger partial charge >= 0.3 is 5.97 Å². The van der Waals surface area contributed by atoms with Gasteiger partial charge in [-0.25, -0.2) is 4.39 Å². The van der Waals surface area contributed by atoms with Gasteiger partial charge in [0.2, 0.25) is 0 Å². The summed E-state index contributed by atoms with van der Waals surface area (Å²) < 4.78 is 13.1. The van der Waals surface area contributed by atoms with Crippen LogP contribution in [0.3, 0.4) is 0 Å². The predicted octanol–water partition coefficient (Wildman–Crippen LogP) is 1.21. The zero-order chi connectivity index (χ0) is 12.4. The summed E-state index contributed by atoms with van der Waals surface area (Å²) in [5.74, 6) is -1.60. The second-order valence-electron chi connectivity index (χ2n) is 4.16. The first-order chi connectivity index (χ1) is 8.10. The first-order valence-corrected chi connectivity index (χ1v) is 5.24. The molecular formula is C12H11FN2O2. The van der Waals surface area contributed by atoms with E-state index in [2.05, 4.69) is 0 Å². The van der Waals surface area contributed by atoms with Gasteiger partial charge in [-0.1, -0.05) is 6.07 Å². The van der Waals surface area contributed by atoms with Crippen LogP contribution in [0.5, 0.6) is 0 Å². The Balaban J connectivity index is 1.97.